The lowest BCUT2D eigenvalue weighted by Gasteiger charge is -2.09. The van der Waals surface area contributed by atoms with Gasteiger partial charge in [0.1, 0.15) is 0 Å². The number of carbonyl (C=O) groups is 1. The lowest BCUT2D eigenvalue weighted by Crippen LogP contribution is -2.27. The molecule has 1 N–H and O–H groups in total. The van der Waals surface area contributed by atoms with Crippen LogP contribution < -0.4 is 5.32 Å². The molecule has 1 saturated heterocycles. The average molecular weight is 583 g/mol. The minimum absolute atomic E-state index is 0.108. The number of ether oxygens (including phenoxy) is 7. The Hall–Kier alpha value is -0.800. The second-order valence-corrected chi connectivity index (χ2v) is 11.0. The largest absolute Gasteiger partial charge is 0.379 e. The summed E-state index contributed by atoms with van der Waals surface area (Å²) in [5.41, 5.74) is 8.12. The zero-order valence-corrected chi connectivity index (χ0v) is 24.2. The molecule has 0 spiro atoms. The summed E-state index contributed by atoms with van der Waals surface area (Å²) in [6, 6.07) is 0. The first-order chi connectivity index (χ1) is 18.8. The topological polar surface area (TPSA) is 142 Å². The molecular formula is C24H46N4O8S2. The van der Waals surface area contributed by atoms with Crippen LogP contribution in [0, 0.1) is 0 Å². The highest BCUT2D eigenvalue weighted by molar-refractivity contribution is 8.77. The molecule has 0 bridgehead atoms. The molecule has 1 fully saturated rings. The fraction of sp³-hybridized carbons (Fsp3) is 0.958. The van der Waals surface area contributed by atoms with Crippen LogP contribution in [0.4, 0.5) is 0 Å². The number of nitrogens with zero attached hydrogens (tertiary/aromatic N) is 3. The number of unbranched alkanes of at least 4 members (excludes halogenated alkanes) is 1. The van der Waals surface area contributed by atoms with Crippen molar-refractivity contribution in [3.05, 3.63) is 10.4 Å². The van der Waals surface area contributed by atoms with Gasteiger partial charge in [0, 0.05) is 35.4 Å². The number of azide groups is 1. The molecule has 1 unspecified atom stereocenters. The van der Waals surface area contributed by atoms with Crippen LogP contribution in [0.3, 0.4) is 0 Å². The maximum atomic E-state index is 11.8. The molecule has 0 radical (unpaired) electrons. The van der Waals surface area contributed by atoms with Crippen molar-refractivity contribution in [2.24, 2.45) is 5.11 Å². The highest BCUT2D eigenvalue weighted by atomic mass is 33.1. The van der Waals surface area contributed by atoms with Gasteiger partial charge < -0.3 is 38.5 Å². The number of hydrogen-bond acceptors (Lipinski definition) is 11. The number of amides is 1. The Balaban J connectivity index is 1.65. The summed E-state index contributed by atoms with van der Waals surface area (Å²) in [7, 11) is 3.97. The Morgan fingerprint density at radius 3 is 1.74 bits per heavy atom. The normalized spacial score (nSPS) is 15.0. The van der Waals surface area contributed by atoms with Gasteiger partial charge >= 0.3 is 0 Å². The summed E-state index contributed by atoms with van der Waals surface area (Å²) < 4.78 is 37.8. The lowest BCUT2D eigenvalue weighted by atomic mass is 10.1. The first-order valence-electron chi connectivity index (χ1n) is 13.4. The highest BCUT2D eigenvalue weighted by Gasteiger charge is 2.15. The summed E-state index contributed by atoms with van der Waals surface area (Å²) in [5, 5.41) is 7.06. The van der Waals surface area contributed by atoms with Crippen LogP contribution >= 0.6 is 21.6 Å². The van der Waals surface area contributed by atoms with E-state index in [1.165, 1.54) is 18.6 Å². The molecule has 1 atom stereocenters. The van der Waals surface area contributed by atoms with Gasteiger partial charge in [0.25, 0.3) is 0 Å². The predicted octanol–water partition coefficient (Wildman–Crippen LogP) is 3.24. The molecule has 12 nitrogen and oxygen atoms in total. The van der Waals surface area contributed by atoms with Crippen molar-refractivity contribution >= 4 is 27.5 Å². The first-order valence-corrected chi connectivity index (χ1v) is 15.8. The van der Waals surface area contributed by atoms with Crippen molar-refractivity contribution in [1.82, 2.24) is 5.32 Å². The van der Waals surface area contributed by atoms with Gasteiger partial charge in [0.15, 0.2) is 0 Å². The van der Waals surface area contributed by atoms with Crippen LogP contribution in [0.15, 0.2) is 5.11 Å². The van der Waals surface area contributed by atoms with E-state index in [-0.39, 0.29) is 5.91 Å². The smallest absolute Gasteiger partial charge is 0.220 e. The number of carbonyl (C=O) groups excluding carboxylic acids is 1. The van der Waals surface area contributed by atoms with Gasteiger partial charge in [-0.2, -0.15) is 0 Å². The van der Waals surface area contributed by atoms with Crippen molar-refractivity contribution in [1.29, 1.82) is 0 Å². The fourth-order valence-electron chi connectivity index (χ4n) is 3.14. The van der Waals surface area contributed by atoms with Crippen LogP contribution in [0.25, 0.3) is 10.4 Å². The Morgan fingerprint density at radius 1 is 0.763 bits per heavy atom. The van der Waals surface area contributed by atoms with E-state index in [1.54, 1.807) is 0 Å². The van der Waals surface area contributed by atoms with Gasteiger partial charge in [-0.05, 0) is 24.8 Å². The number of nitrogens with one attached hydrogen (secondary N) is 1. The van der Waals surface area contributed by atoms with E-state index in [0.717, 1.165) is 18.1 Å². The Morgan fingerprint density at radius 2 is 1.26 bits per heavy atom. The van der Waals surface area contributed by atoms with E-state index in [4.69, 9.17) is 38.7 Å². The van der Waals surface area contributed by atoms with Crippen molar-refractivity contribution in [3.63, 3.8) is 0 Å². The van der Waals surface area contributed by atoms with Crippen LogP contribution in [0.2, 0.25) is 0 Å². The van der Waals surface area contributed by atoms with Gasteiger partial charge in [0.2, 0.25) is 5.91 Å². The molecule has 0 aromatic heterocycles. The zero-order valence-electron chi connectivity index (χ0n) is 22.6. The standard InChI is InChI=1S/C24H46N4O8S2/c25-28-27-7-9-31-11-13-33-15-17-35-19-21-36-20-18-34-16-14-32-12-10-30-8-6-26-24(29)4-2-1-3-23-5-22-37-38-23/h23H,1-22H2,(H,26,29). The maximum Gasteiger partial charge on any atom is 0.220 e. The zero-order chi connectivity index (χ0) is 27.2. The number of hydrogen-bond donors (Lipinski definition) is 1. The van der Waals surface area contributed by atoms with Gasteiger partial charge in [0.05, 0.1) is 92.5 Å². The van der Waals surface area contributed by atoms with E-state index in [1.807, 2.05) is 21.6 Å². The SMILES string of the molecule is [N-]=[N+]=NCCOCCOCCOCCOCCOCCOCCOCCNC(=O)CCCCC1CCSS1. The van der Waals surface area contributed by atoms with E-state index in [9.17, 15) is 4.79 Å². The van der Waals surface area contributed by atoms with Crippen molar-refractivity contribution in [2.45, 2.75) is 37.4 Å². The van der Waals surface area contributed by atoms with E-state index in [0.29, 0.717) is 112 Å². The molecule has 222 valence electrons. The third kappa shape index (κ3) is 25.5. The third-order valence-corrected chi connectivity index (χ3v) is 8.11. The molecule has 0 aromatic carbocycles. The second kappa shape index (κ2) is 29.2. The summed E-state index contributed by atoms with van der Waals surface area (Å²) in [6.07, 6.45) is 5.22. The Kier molecular flexibility index (Phi) is 27.1. The summed E-state index contributed by atoms with van der Waals surface area (Å²) in [4.78, 5) is 14.5. The Labute approximate surface area is 234 Å². The van der Waals surface area contributed by atoms with Gasteiger partial charge in [-0.15, -0.1) is 0 Å². The molecule has 38 heavy (non-hydrogen) atoms. The second-order valence-electron chi connectivity index (χ2n) is 8.17. The quantitative estimate of drug-likeness (QED) is 0.0459. The molecule has 1 rings (SSSR count). The molecule has 1 aliphatic heterocycles. The third-order valence-electron chi connectivity index (χ3n) is 5.11. The molecule has 0 aliphatic carbocycles. The van der Waals surface area contributed by atoms with Gasteiger partial charge in [-0.3, -0.25) is 4.79 Å². The highest BCUT2D eigenvalue weighted by Crippen LogP contribution is 2.39. The summed E-state index contributed by atoms with van der Waals surface area (Å²) >= 11 is 0. The van der Waals surface area contributed by atoms with E-state index in [2.05, 4.69) is 15.3 Å². The molecule has 0 aromatic rings. The van der Waals surface area contributed by atoms with Crippen molar-refractivity contribution in [2.75, 3.05) is 111 Å². The maximum absolute atomic E-state index is 11.8. The van der Waals surface area contributed by atoms with Crippen LogP contribution in [-0.4, -0.2) is 122 Å². The Bertz CT molecular complexity index is 586. The average Bonchev–Trinajstić information content (AvgIpc) is 3.45. The fourth-order valence-corrected chi connectivity index (χ4v) is 6.17. The summed E-state index contributed by atoms with van der Waals surface area (Å²) in [6.45, 7) is 7.67. The molecule has 1 amide bonds. The van der Waals surface area contributed by atoms with E-state index < -0.39 is 0 Å². The van der Waals surface area contributed by atoms with E-state index >= 15 is 0 Å². The molecule has 1 heterocycles. The molecule has 1 aliphatic rings. The molecule has 14 heteroatoms. The predicted molar refractivity (Wildman–Crippen MR) is 150 cm³/mol. The summed E-state index contributed by atoms with van der Waals surface area (Å²) in [5.74, 6) is 1.37. The molecular weight excluding hydrogens is 536 g/mol. The number of rotatable bonds is 29. The monoisotopic (exact) mass is 582 g/mol. The van der Waals surface area contributed by atoms with Crippen LogP contribution in [0.1, 0.15) is 32.1 Å². The first kappa shape index (κ1) is 35.2. The van der Waals surface area contributed by atoms with Crippen molar-refractivity contribution in [3.8, 4) is 0 Å². The minimum atomic E-state index is 0.108. The molecule has 0 saturated carbocycles. The van der Waals surface area contributed by atoms with Crippen LogP contribution in [-0.2, 0) is 38.0 Å². The lowest BCUT2D eigenvalue weighted by molar-refractivity contribution is -0.121. The van der Waals surface area contributed by atoms with Crippen LogP contribution in [0.5, 0.6) is 0 Å². The minimum Gasteiger partial charge on any atom is -0.379 e. The van der Waals surface area contributed by atoms with Gasteiger partial charge in [-0.1, -0.05) is 33.1 Å². The van der Waals surface area contributed by atoms with Gasteiger partial charge in [-0.25, -0.2) is 0 Å². The van der Waals surface area contributed by atoms with Crippen molar-refractivity contribution < 1.29 is 38.0 Å².